The first-order chi connectivity index (χ1) is 28.7. The highest BCUT2D eigenvalue weighted by molar-refractivity contribution is 6.14. The highest BCUT2D eigenvalue weighted by atomic mass is 16.5. The van der Waals surface area contributed by atoms with Gasteiger partial charge in [0.05, 0.1) is 0 Å². The third kappa shape index (κ3) is 5.16. The highest BCUT2D eigenvalue weighted by Crippen LogP contribution is 2.56. The Labute approximate surface area is 336 Å². The van der Waals surface area contributed by atoms with Crippen molar-refractivity contribution in [3.8, 4) is 45.3 Å². The van der Waals surface area contributed by atoms with E-state index in [1.165, 1.54) is 21.5 Å². The van der Waals surface area contributed by atoms with Gasteiger partial charge in [-0.1, -0.05) is 97.1 Å². The molecule has 12 rings (SSSR count). The van der Waals surface area contributed by atoms with Crippen molar-refractivity contribution in [2.45, 2.75) is 0 Å². The zero-order valence-corrected chi connectivity index (χ0v) is 31.3. The monoisotopic (exact) mass is 742 g/mol. The van der Waals surface area contributed by atoms with Gasteiger partial charge >= 0.3 is 0 Å². The van der Waals surface area contributed by atoms with Crippen LogP contribution in [0.4, 0.5) is 34.1 Å². The molecule has 4 heteroatoms. The summed E-state index contributed by atoms with van der Waals surface area (Å²) in [6.45, 7) is 0. The average Bonchev–Trinajstić information content (AvgIpc) is 3.28. The highest BCUT2D eigenvalue weighted by Gasteiger charge is 2.29. The summed E-state index contributed by atoms with van der Waals surface area (Å²) in [5, 5.41) is 6.95. The molecule has 0 spiro atoms. The van der Waals surface area contributed by atoms with Crippen LogP contribution in [0.1, 0.15) is 0 Å². The fraction of sp³-hybridized carbons (Fsp3) is 0. The van der Waals surface area contributed by atoms with Crippen molar-refractivity contribution < 1.29 is 9.47 Å². The summed E-state index contributed by atoms with van der Waals surface area (Å²) >= 11 is 0. The maximum Gasteiger partial charge on any atom is 0.137 e. The molecule has 0 aliphatic carbocycles. The quantitative estimate of drug-likeness (QED) is 0.169. The van der Waals surface area contributed by atoms with Crippen molar-refractivity contribution in [2.75, 3.05) is 9.80 Å². The summed E-state index contributed by atoms with van der Waals surface area (Å²) in [6, 6.07) is 73.0. The van der Waals surface area contributed by atoms with Gasteiger partial charge in [-0.05, 0) is 130 Å². The van der Waals surface area contributed by atoms with E-state index in [4.69, 9.17) is 9.47 Å². The van der Waals surface area contributed by atoms with Crippen LogP contribution in [-0.4, -0.2) is 0 Å². The van der Waals surface area contributed by atoms with E-state index < -0.39 is 0 Å². The van der Waals surface area contributed by atoms with E-state index in [2.05, 4.69) is 204 Å². The van der Waals surface area contributed by atoms with Crippen LogP contribution in [0, 0.1) is 0 Å². The van der Waals surface area contributed by atoms with Gasteiger partial charge in [-0.3, -0.25) is 0 Å². The number of benzene rings is 10. The van der Waals surface area contributed by atoms with E-state index in [0.29, 0.717) is 0 Å². The number of fused-ring (bicyclic) bond motifs is 6. The number of anilines is 6. The van der Waals surface area contributed by atoms with Gasteiger partial charge in [0, 0.05) is 68.2 Å². The lowest BCUT2D eigenvalue weighted by molar-refractivity contribution is 0.480. The van der Waals surface area contributed by atoms with Crippen molar-refractivity contribution in [2.24, 2.45) is 0 Å². The van der Waals surface area contributed by atoms with Crippen molar-refractivity contribution in [1.82, 2.24) is 0 Å². The zero-order chi connectivity index (χ0) is 38.2. The predicted molar refractivity (Wildman–Crippen MR) is 239 cm³/mol. The SMILES string of the molecule is c1ccc(N(c2ccccc2)c2ccc3c(c2)Oc2ccc4c5c(ccc-3c25)Oc2cc(N(c3ccc5ccccc5c3)c3ccc5ccccc5c3)ccc2-4)cc1. The van der Waals surface area contributed by atoms with E-state index in [0.717, 1.165) is 90.1 Å². The van der Waals surface area contributed by atoms with E-state index in [9.17, 15) is 0 Å². The molecule has 0 saturated heterocycles. The van der Waals surface area contributed by atoms with Crippen molar-refractivity contribution in [3.63, 3.8) is 0 Å². The first-order valence-corrected chi connectivity index (χ1v) is 19.7. The minimum Gasteiger partial charge on any atom is -0.456 e. The van der Waals surface area contributed by atoms with Gasteiger partial charge in [-0.2, -0.15) is 0 Å². The van der Waals surface area contributed by atoms with E-state index in [-0.39, 0.29) is 0 Å². The molecular formula is C54H34N2O2. The molecule has 0 atom stereocenters. The first kappa shape index (κ1) is 32.4. The minimum absolute atomic E-state index is 0.823. The Morgan fingerprint density at radius 3 is 1.07 bits per heavy atom. The molecule has 2 aliphatic heterocycles. The standard InChI is InChI=1S/C54H34N2O2/c1-3-15-39(16-4-1)55(40-17-5-2-6-18-40)43-23-25-45-47-27-30-50-54-48(28-29-49(53(47)54)57-51(45)33-43)46-26-24-44(34-52(46)58-50)56(41-21-19-35-11-7-9-13-37(35)31-41)42-22-20-36-12-8-10-14-38(36)32-42/h1-34H. The molecule has 0 fully saturated rings. The lowest BCUT2D eigenvalue weighted by Gasteiger charge is -2.30. The summed E-state index contributed by atoms with van der Waals surface area (Å²) < 4.78 is 13.7. The molecule has 2 aliphatic rings. The maximum atomic E-state index is 6.88. The van der Waals surface area contributed by atoms with Crippen LogP contribution in [0.5, 0.6) is 23.0 Å². The normalized spacial score (nSPS) is 12.1. The number of rotatable bonds is 6. The first-order valence-electron chi connectivity index (χ1n) is 19.7. The Balaban J connectivity index is 0.963. The fourth-order valence-electron chi connectivity index (χ4n) is 8.88. The van der Waals surface area contributed by atoms with Gasteiger partial charge in [-0.15, -0.1) is 0 Å². The number of ether oxygens (including phenoxy) is 2. The van der Waals surface area contributed by atoms with Gasteiger partial charge in [0.2, 0.25) is 0 Å². The maximum absolute atomic E-state index is 6.88. The van der Waals surface area contributed by atoms with Crippen molar-refractivity contribution >= 4 is 66.4 Å². The van der Waals surface area contributed by atoms with E-state index >= 15 is 0 Å². The molecule has 0 amide bonds. The second-order valence-electron chi connectivity index (χ2n) is 14.9. The summed E-state index contributed by atoms with van der Waals surface area (Å²) in [6.07, 6.45) is 0. The predicted octanol–water partition coefficient (Wildman–Crippen LogP) is 15.6. The Hall–Kier alpha value is -7.82. The molecule has 2 heterocycles. The lowest BCUT2D eigenvalue weighted by Crippen LogP contribution is -2.11. The summed E-state index contributed by atoms with van der Waals surface area (Å²) in [5.41, 5.74) is 10.8. The van der Waals surface area contributed by atoms with Crippen LogP contribution < -0.4 is 19.3 Å². The van der Waals surface area contributed by atoms with Gasteiger partial charge in [0.25, 0.3) is 0 Å². The Bertz CT molecular complexity index is 3130. The third-order valence-corrected chi connectivity index (χ3v) is 11.6. The second-order valence-corrected chi connectivity index (χ2v) is 14.9. The van der Waals surface area contributed by atoms with Gasteiger partial charge in [0.15, 0.2) is 0 Å². The van der Waals surface area contributed by atoms with E-state index in [1.54, 1.807) is 0 Å². The smallest absolute Gasteiger partial charge is 0.137 e. The topological polar surface area (TPSA) is 24.9 Å². The van der Waals surface area contributed by atoms with Gasteiger partial charge < -0.3 is 19.3 Å². The Kier molecular flexibility index (Phi) is 7.20. The number of nitrogens with zero attached hydrogens (tertiary/aromatic N) is 2. The molecule has 10 aromatic rings. The minimum atomic E-state index is 0.823. The van der Waals surface area contributed by atoms with Crippen LogP contribution in [0.15, 0.2) is 206 Å². The van der Waals surface area contributed by atoms with Crippen LogP contribution in [0.3, 0.4) is 0 Å². The molecule has 0 radical (unpaired) electrons. The molecule has 0 bridgehead atoms. The molecule has 0 aromatic heterocycles. The second kappa shape index (κ2) is 12.9. The van der Waals surface area contributed by atoms with Gasteiger partial charge in [-0.25, -0.2) is 0 Å². The summed E-state index contributed by atoms with van der Waals surface area (Å²) in [5.74, 6) is 3.30. The molecule has 10 aromatic carbocycles. The number of hydrogen-bond acceptors (Lipinski definition) is 4. The van der Waals surface area contributed by atoms with Crippen LogP contribution in [0.25, 0.3) is 54.6 Å². The number of para-hydroxylation sites is 2. The van der Waals surface area contributed by atoms with Crippen molar-refractivity contribution in [1.29, 1.82) is 0 Å². The zero-order valence-electron chi connectivity index (χ0n) is 31.3. The largest absolute Gasteiger partial charge is 0.456 e. The summed E-state index contributed by atoms with van der Waals surface area (Å²) in [4.78, 5) is 4.59. The van der Waals surface area contributed by atoms with Crippen LogP contribution >= 0.6 is 0 Å². The molecular weight excluding hydrogens is 709 g/mol. The van der Waals surface area contributed by atoms with E-state index in [1.807, 2.05) is 12.1 Å². The molecule has 4 nitrogen and oxygen atoms in total. The molecule has 0 unspecified atom stereocenters. The molecule has 0 saturated carbocycles. The molecule has 58 heavy (non-hydrogen) atoms. The average molecular weight is 743 g/mol. The Morgan fingerprint density at radius 1 is 0.241 bits per heavy atom. The molecule has 0 N–H and O–H groups in total. The fourth-order valence-corrected chi connectivity index (χ4v) is 8.88. The van der Waals surface area contributed by atoms with Crippen LogP contribution in [0.2, 0.25) is 0 Å². The van der Waals surface area contributed by atoms with Crippen molar-refractivity contribution in [3.05, 3.63) is 206 Å². The van der Waals surface area contributed by atoms with Crippen LogP contribution in [-0.2, 0) is 0 Å². The summed E-state index contributed by atoms with van der Waals surface area (Å²) in [7, 11) is 0. The molecule has 272 valence electrons. The lowest BCUT2D eigenvalue weighted by atomic mass is 9.88. The van der Waals surface area contributed by atoms with Gasteiger partial charge in [0.1, 0.15) is 23.0 Å². The Morgan fingerprint density at radius 2 is 0.603 bits per heavy atom. The third-order valence-electron chi connectivity index (χ3n) is 11.6. The number of hydrogen-bond donors (Lipinski definition) is 0.